The SMILES string of the molecule is COc1ccc(Cc2ccccc2)cc1CCN. The Hall–Kier alpha value is -1.80. The van der Waals surface area contributed by atoms with Gasteiger partial charge in [-0.05, 0) is 42.1 Å². The first-order chi connectivity index (χ1) is 8.83. The van der Waals surface area contributed by atoms with Crippen LogP contribution in [0.4, 0.5) is 0 Å². The molecule has 0 heterocycles. The molecule has 0 saturated heterocycles. The zero-order valence-corrected chi connectivity index (χ0v) is 10.7. The van der Waals surface area contributed by atoms with E-state index < -0.39 is 0 Å². The molecule has 0 radical (unpaired) electrons. The van der Waals surface area contributed by atoms with Crippen molar-refractivity contribution in [3.63, 3.8) is 0 Å². The monoisotopic (exact) mass is 241 g/mol. The molecular weight excluding hydrogens is 222 g/mol. The van der Waals surface area contributed by atoms with E-state index in [1.54, 1.807) is 7.11 Å². The molecule has 0 atom stereocenters. The lowest BCUT2D eigenvalue weighted by atomic mass is 10.0. The van der Waals surface area contributed by atoms with Crippen molar-refractivity contribution in [2.24, 2.45) is 5.73 Å². The zero-order valence-electron chi connectivity index (χ0n) is 10.7. The summed E-state index contributed by atoms with van der Waals surface area (Å²) in [6.45, 7) is 0.644. The fraction of sp³-hybridized carbons (Fsp3) is 0.250. The number of methoxy groups -OCH3 is 1. The van der Waals surface area contributed by atoms with E-state index in [0.29, 0.717) is 6.54 Å². The Morgan fingerprint density at radius 2 is 1.78 bits per heavy atom. The van der Waals surface area contributed by atoms with Crippen LogP contribution in [0.25, 0.3) is 0 Å². The molecule has 0 bridgehead atoms. The Kier molecular flexibility index (Phi) is 4.37. The lowest BCUT2D eigenvalue weighted by Crippen LogP contribution is -2.05. The van der Waals surface area contributed by atoms with Crippen LogP contribution in [0.3, 0.4) is 0 Å². The second-order valence-electron chi connectivity index (χ2n) is 4.35. The summed E-state index contributed by atoms with van der Waals surface area (Å²) in [7, 11) is 1.70. The summed E-state index contributed by atoms with van der Waals surface area (Å²) in [6, 6.07) is 16.8. The van der Waals surface area contributed by atoms with E-state index in [0.717, 1.165) is 18.6 Å². The number of hydrogen-bond donors (Lipinski definition) is 1. The van der Waals surface area contributed by atoms with Crippen molar-refractivity contribution < 1.29 is 4.74 Å². The zero-order chi connectivity index (χ0) is 12.8. The topological polar surface area (TPSA) is 35.2 Å². The summed E-state index contributed by atoms with van der Waals surface area (Å²) < 4.78 is 5.35. The number of benzene rings is 2. The van der Waals surface area contributed by atoms with Crippen LogP contribution in [0, 0.1) is 0 Å². The molecule has 0 aliphatic carbocycles. The first-order valence-corrected chi connectivity index (χ1v) is 6.23. The van der Waals surface area contributed by atoms with Crippen molar-refractivity contribution in [3.05, 3.63) is 65.2 Å². The summed E-state index contributed by atoms with van der Waals surface area (Å²) in [5.74, 6) is 0.928. The summed E-state index contributed by atoms with van der Waals surface area (Å²) in [6.07, 6.45) is 1.80. The smallest absolute Gasteiger partial charge is 0.122 e. The average molecular weight is 241 g/mol. The summed E-state index contributed by atoms with van der Waals surface area (Å²) in [5, 5.41) is 0. The van der Waals surface area contributed by atoms with Crippen LogP contribution in [0.5, 0.6) is 5.75 Å². The van der Waals surface area contributed by atoms with E-state index in [4.69, 9.17) is 10.5 Å². The minimum Gasteiger partial charge on any atom is -0.496 e. The predicted octanol–water partition coefficient (Wildman–Crippen LogP) is 2.79. The fourth-order valence-electron chi connectivity index (χ4n) is 2.12. The van der Waals surface area contributed by atoms with Crippen molar-refractivity contribution in [1.82, 2.24) is 0 Å². The molecule has 0 unspecified atom stereocenters. The van der Waals surface area contributed by atoms with Crippen LogP contribution in [-0.4, -0.2) is 13.7 Å². The van der Waals surface area contributed by atoms with Crippen LogP contribution in [0.2, 0.25) is 0 Å². The van der Waals surface area contributed by atoms with Crippen LogP contribution in [0.15, 0.2) is 48.5 Å². The maximum absolute atomic E-state index is 5.63. The maximum atomic E-state index is 5.63. The second kappa shape index (κ2) is 6.22. The highest BCUT2D eigenvalue weighted by Gasteiger charge is 2.04. The molecule has 2 nitrogen and oxygen atoms in total. The molecule has 2 N–H and O–H groups in total. The Morgan fingerprint density at radius 3 is 2.44 bits per heavy atom. The van der Waals surface area contributed by atoms with Gasteiger partial charge in [0, 0.05) is 0 Å². The first kappa shape index (κ1) is 12.7. The Labute approximate surface area is 108 Å². The molecule has 0 fully saturated rings. The molecule has 0 aromatic heterocycles. The minimum absolute atomic E-state index is 0.644. The average Bonchev–Trinajstić information content (AvgIpc) is 2.41. The summed E-state index contributed by atoms with van der Waals surface area (Å²) in [5.41, 5.74) is 9.44. The number of ether oxygens (including phenoxy) is 1. The standard InChI is InChI=1S/C16H19NO/c1-18-16-8-7-14(12-15(16)9-10-17)11-13-5-3-2-4-6-13/h2-8,12H,9-11,17H2,1H3. The molecule has 2 rings (SSSR count). The third-order valence-corrected chi connectivity index (χ3v) is 3.01. The van der Waals surface area contributed by atoms with Crippen molar-refractivity contribution >= 4 is 0 Å². The first-order valence-electron chi connectivity index (χ1n) is 6.23. The van der Waals surface area contributed by atoms with Crippen LogP contribution in [0.1, 0.15) is 16.7 Å². The van der Waals surface area contributed by atoms with Gasteiger partial charge in [-0.15, -0.1) is 0 Å². The number of rotatable bonds is 5. The van der Waals surface area contributed by atoms with E-state index in [1.165, 1.54) is 16.7 Å². The van der Waals surface area contributed by atoms with Gasteiger partial charge in [0.15, 0.2) is 0 Å². The molecule has 0 aliphatic heterocycles. The minimum atomic E-state index is 0.644. The molecule has 2 aromatic carbocycles. The van der Waals surface area contributed by atoms with E-state index in [1.807, 2.05) is 12.1 Å². The third-order valence-electron chi connectivity index (χ3n) is 3.01. The largest absolute Gasteiger partial charge is 0.496 e. The predicted molar refractivity (Wildman–Crippen MR) is 75.0 cm³/mol. The second-order valence-corrected chi connectivity index (χ2v) is 4.35. The van der Waals surface area contributed by atoms with Crippen LogP contribution in [-0.2, 0) is 12.8 Å². The van der Waals surface area contributed by atoms with Crippen molar-refractivity contribution in [3.8, 4) is 5.75 Å². The highest BCUT2D eigenvalue weighted by Crippen LogP contribution is 2.21. The van der Waals surface area contributed by atoms with Crippen molar-refractivity contribution in [2.45, 2.75) is 12.8 Å². The van der Waals surface area contributed by atoms with Gasteiger partial charge in [-0.2, -0.15) is 0 Å². The van der Waals surface area contributed by atoms with Crippen LogP contribution < -0.4 is 10.5 Å². The van der Waals surface area contributed by atoms with Gasteiger partial charge in [0.1, 0.15) is 5.75 Å². The highest BCUT2D eigenvalue weighted by atomic mass is 16.5. The third kappa shape index (κ3) is 3.11. The Bertz CT molecular complexity index is 494. The Morgan fingerprint density at radius 1 is 1.00 bits per heavy atom. The molecule has 0 amide bonds. The number of hydrogen-bond acceptors (Lipinski definition) is 2. The molecule has 18 heavy (non-hydrogen) atoms. The molecule has 94 valence electrons. The van der Waals surface area contributed by atoms with Gasteiger partial charge in [-0.3, -0.25) is 0 Å². The molecule has 0 saturated carbocycles. The lowest BCUT2D eigenvalue weighted by Gasteiger charge is -2.10. The summed E-state index contributed by atoms with van der Waals surface area (Å²) >= 11 is 0. The van der Waals surface area contributed by atoms with Gasteiger partial charge < -0.3 is 10.5 Å². The molecular formula is C16H19NO. The Balaban J connectivity index is 2.21. The van der Waals surface area contributed by atoms with E-state index in [9.17, 15) is 0 Å². The van der Waals surface area contributed by atoms with Crippen molar-refractivity contribution in [1.29, 1.82) is 0 Å². The van der Waals surface area contributed by atoms with E-state index in [2.05, 4.69) is 36.4 Å². The molecule has 2 aromatic rings. The lowest BCUT2D eigenvalue weighted by molar-refractivity contribution is 0.409. The van der Waals surface area contributed by atoms with Gasteiger partial charge in [0.25, 0.3) is 0 Å². The summed E-state index contributed by atoms with van der Waals surface area (Å²) in [4.78, 5) is 0. The van der Waals surface area contributed by atoms with Gasteiger partial charge in [-0.25, -0.2) is 0 Å². The van der Waals surface area contributed by atoms with Crippen LogP contribution >= 0.6 is 0 Å². The fourth-order valence-corrected chi connectivity index (χ4v) is 2.12. The quantitative estimate of drug-likeness (QED) is 0.873. The van der Waals surface area contributed by atoms with Crippen molar-refractivity contribution in [2.75, 3.05) is 13.7 Å². The normalized spacial score (nSPS) is 10.3. The highest BCUT2D eigenvalue weighted by molar-refractivity contribution is 5.39. The van der Waals surface area contributed by atoms with E-state index in [-0.39, 0.29) is 0 Å². The number of nitrogens with two attached hydrogens (primary N) is 1. The maximum Gasteiger partial charge on any atom is 0.122 e. The van der Waals surface area contributed by atoms with Gasteiger partial charge in [0.2, 0.25) is 0 Å². The van der Waals surface area contributed by atoms with Gasteiger partial charge in [-0.1, -0.05) is 42.5 Å². The van der Waals surface area contributed by atoms with E-state index >= 15 is 0 Å². The van der Waals surface area contributed by atoms with Gasteiger partial charge in [0.05, 0.1) is 7.11 Å². The molecule has 2 heteroatoms. The van der Waals surface area contributed by atoms with Gasteiger partial charge >= 0.3 is 0 Å². The molecule has 0 spiro atoms. The molecule has 0 aliphatic rings.